The van der Waals surface area contributed by atoms with E-state index in [2.05, 4.69) is 27.0 Å². The van der Waals surface area contributed by atoms with Crippen molar-refractivity contribution in [3.63, 3.8) is 0 Å². The molecule has 8 heteroatoms. The zero-order valence-electron chi connectivity index (χ0n) is 18.1. The molecule has 7 nitrogen and oxygen atoms in total. The molecule has 2 fully saturated rings. The molecule has 2 aliphatic heterocycles. The first kappa shape index (κ1) is 21.3. The highest BCUT2D eigenvalue weighted by molar-refractivity contribution is 6.34. The molecule has 1 aromatic heterocycles. The number of hydrogen-bond donors (Lipinski definition) is 2. The smallest absolute Gasteiger partial charge is 0.306 e. The minimum Gasteiger partial charge on any atom is -0.481 e. The first-order valence-electron chi connectivity index (χ1n) is 11.6. The second kappa shape index (κ2) is 9.14. The second-order valence-corrected chi connectivity index (χ2v) is 9.45. The number of allylic oxidation sites excluding steroid dienone is 4. The van der Waals surface area contributed by atoms with E-state index in [9.17, 15) is 4.79 Å². The molecule has 0 amide bonds. The fourth-order valence-electron chi connectivity index (χ4n) is 5.06. The van der Waals surface area contributed by atoms with E-state index < -0.39 is 5.97 Å². The Bertz CT molecular complexity index is 1100. The van der Waals surface area contributed by atoms with Gasteiger partial charge in [-0.2, -0.15) is 4.98 Å². The third-order valence-electron chi connectivity index (χ3n) is 6.97. The van der Waals surface area contributed by atoms with Crippen LogP contribution in [0.15, 0.2) is 39.0 Å². The van der Waals surface area contributed by atoms with E-state index in [0.717, 1.165) is 36.6 Å². The SMILES string of the molecule is O=C(O)C1CCC(Oc2nc3c([nH]2)=CC(Cl)=C(C2=CC=C(N4CCCC4)CC2)CN=3)CC1. The third kappa shape index (κ3) is 4.49. The number of hydrogen-bond acceptors (Lipinski definition) is 5. The first-order chi connectivity index (χ1) is 15.6. The number of carboxylic acids is 1. The van der Waals surface area contributed by atoms with Gasteiger partial charge in [0.2, 0.25) is 0 Å². The Morgan fingerprint density at radius 3 is 2.62 bits per heavy atom. The molecule has 32 heavy (non-hydrogen) atoms. The minimum atomic E-state index is -0.713. The van der Waals surface area contributed by atoms with E-state index in [1.54, 1.807) is 0 Å². The number of nitrogens with one attached hydrogen (secondary N) is 1. The van der Waals surface area contributed by atoms with Crippen LogP contribution >= 0.6 is 11.6 Å². The summed E-state index contributed by atoms with van der Waals surface area (Å²) < 4.78 is 5.99. The number of aromatic amines is 1. The second-order valence-electron chi connectivity index (χ2n) is 9.04. The van der Waals surface area contributed by atoms with Crippen molar-refractivity contribution in [3.8, 4) is 6.01 Å². The van der Waals surface area contributed by atoms with Crippen molar-refractivity contribution < 1.29 is 14.6 Å². The van der Waals surface area contributed by atoms with Crippen molar-refractivity contribution in [1.29, 1.82) is 0 Å². The topological polar surface area (TPSA) is 90.8 Å². The van der Waals surface area contributed by atoms with Gasteiger partial charge in [0.1, 0.15) is 6.10 Å². The number of imidazole rings is 1. The van der Waals surface area contributed by atoms with Crippen molar-refractivity contribution in [2.24, 2.45) is 10.9 Å². The normalized spacial score (nSPS) is 25.8. The molecule has 2 N–H and O–H groups in total. The Hall–Kier alpha value is -2.54. The lowest BCUT2D eigenvalue weighted by Crippen LogP contribution is -2.28. The van der Waals surface area contributed by atoms with E-state index in [1.807, 2.05) is 6.08 Å². The van der Waals surface area contributed by atoms with Crippen LogP contribution in [0.4, 0.5) is 0 Å². The summed E-state index contributed by atoms with van der Waals surface area (Å²) in [5.74, 6) is -0.973. The van der Waals surface area contributed by atoms with Gasteiger partial charge in [0, 0.05) is 23.8 Å². The van der Waals surface area contributed by atoms with Gasteiger partial charge >= 0.3 is 5.97 Å². The average molecular weight is 457 g/mol. The molecule has 1 saturated heterocycles. The van der Waals surface area contributed by atoms with Gasteiger partial charge in [0.25, 0.3) is 6.01 Å². The van der Waals surface area contributed by atoms with Crippen molar-refractivity contribution in [2.75, 3.05) is 19.6 Å². The van der Waals surface area contributed by atoms with E-state index in [-0.39, 0.29) is 12.0 Å². The molecular weight excluding hydrogens is 428 g/mol. The number of carboxylic acid groups (broad SMARTS) is 1. The fourth-order valence-corrected chi connectivity index (χ4v) is 5.35. The predicted octanol–water partition coefficient (Wildman–Crippen LogP) is 3.04. The Labute approximate surface area is 192 Å². The molecular formula is C24H29ClN4O3. The Kier molecular flexibility index (Phi) is 6.09. The molecule has 170 valence electrons. The van der Waals surface area contributed by atoms with Gasteiger partial charge in [0.15, 0.2) is 5.49 Å². The standard InChI is InChI=1S/C24H29ClN4O3/c25-20-13-21-22(28-24(27-21)32-18-9-5-16(6-10-18)23(30)31)26-14-19(20)15-3-7-17(8-4-15)29-11-1-2-12-29/h3,7,13,16,18H,1-2,4-6,8-12,14H2,(H,30,31)(H,26,27,28). The number of rotatable bonds is 5. The van der Waals surface area contributed by atoms with Gasteiger partial charge in [0.05, 0.1) is 17.8 Å². The quantitative estimate of drug-likeness (QED) is 0.710. The molecule has 1 saturated carbocycles. The maximum Gasteiger partial charge on any atom is 0.306 e. The summed E-state index contributed by atoms with van der Waals surface area (Å²) in [6.45, 7) is 2.84. The van der Waals surface area contributed by atoms with Gasteiger partial charge in [-0.05, 0) is 74.7 Å². The summed E-state index contributed by atoms with van der Waals surface area (Å²) in [6.07, 6.45) is 13.6. The molecule has 0 aromatic carbocycles. The molecule has 0 bridgehead atoms. The van der Waals surface area contributed by atoms with Gasteiger partial charge in [-0.25, -0.2) is 0 Å². The number of aliphatic carboxylic acids is 1. The lowest BCUT2D eigenvalue weighted by Gasteiger charge is -2.25. The van der Waals surface area contributed by atoms with Crippen molar-refractivity contribution in [2.45, 2.75) is 57.5 Å². The van der Waals surface area contributed by atoms with Crippen molar-refractivity contribution in [1.82, 2.24) is 14.9 Å². The van der Waals surface area contributed by atoms with E-state index >= 15 is 0 Å². The third-order valence-corrected chi connectivity index (χ3v) is 7.30. The number of H-pyrrole nitrogens is 1. The van der Waals surface area contributed by atoms with Gasteiger partial charge in [-0.3, -0.25) is 9.79 Å². The molecule has 0 unspecified atom stereocenters. The summed E-state index contributed by atoms with van der Waals surface area (Å²) in [6, 6.07) is 0.428. The number of nitrogens with zero attached hydrogens (tertiary/aromatic N) is 3. The summed E-state index contributed by atoms with van der Waals surface area (Å²) in [7, 11) is 0. The van der Waals surface area contributed by atoms with Gasteiger partial charge < -0.3 is 19.7 Å². The summed E-state index contributed by atoms with van der Waals surface area (Å²) in [5, 5.41) is 10.6. The van der Waals surface area contributed by atoms with Crippen LogP contribution < -0.4 is 15.6 Å². The molecule has 0 spiro atoms. The number of ether oxygens (including phenoxy) is 1. The van der Waals surface area contributed by atoms with Crippen LogP contribution in [0.5, 0.6) is 6.01 Å². The van der Waals surface area contributed by atoms with Crippen molar-refractivity contribution >= 4 is 23.6 Å². The van der Waals surface area contributed by atoms with Gasteiger partial charge in [-0.15, -0.1) is 0 Å². The number of halogens is 1. The van der Waals surface area contributed by atoms with Crippen LogP contribution in [0.1, 0.15) is 51.4 Å². The minimum absolute atomic E-state index is 0.0223. The van der Waals surface area contributed by atoms with Crippen LogP contribution in [-0.2, 0) is 4.79 Å². The molecule has 0 atom stereocenters. The predicted molar refractivity (Wildman–Crippen MR) is 122 cm³/mol. The molecule has 3 heterocycles. The summed E-state index contributed by atoms with van der Waals surface area (Å²) in [4.78, 5) is 26.0. The summed E-state index contributed by atoms with van der Waals surface area (Å²) in [5.41, 5.74) is 4.35. The van der Waals surface area contributed by atoms with Crippen molar-refractivity contribution in [3.05, 3.63) is 44.9 Å². The monoisotopic (exact) mass is 456 g/mol. The highest BCUT2D eigenvalue weighted by atomic mass is 35.5. The largest absolute Gasteiger partial charge is 0.481 e. The lowest BCUT2D eigenvalue weighted by molar-refractivity contribution is -0.143. The molecule has 1 aromatic rings. The summed E-state index contributed by atoms with van der Waals surface area (Å²) >= 11 is 6.71. The number of fused-ring (bicyclic) bond motifs is 1. The average Bonchev–Trinajstić information content (AvgIpc) is 3.42. The first-order valence-corrected chi connectivity index (χ1v) is 12.0. The maximum absolute atomic E-state index is 11.1. The number of aromatic nitrogens is 2. The van der Waals surface area contributed by atoms with Crippen LogP contribution in [0, 0.1) is 5.92 Å². The number of likely N-dealkylation sites (tertiary alicyclic amines) is 1. The zero-order valence-corrected chi connectivity index (χ0v) is 18.9. The maximum atomic E-state index is 11.1. The Balaban J connectivity index is 1.29. The Morgan fingerprint density at radius 1 is 1.16 bits per heavy atom. The van der Waals surface area contributed by atoms with E-state index in [0.29, 0.717) is 35.9 Å². The Morgan fingerprint density at radius 2 is 1.94 bits per heavy atom. The lowest BCUT2D eigenvalue weighted by atomic mass is 9.87. The molecule has 4 aliphatic rings. The molecule has 2 aliphatic carbocycles. The number of carbonyl (C=O) groups is 1. The van der Waals surface area contributed by atoms with Crippen LogP contribution in [0.3, 0.4) is 0 Å². The van der Waals surface area contributed by atoms with Crippen LogP contribution in [0.2, 0.25) is 0 Å². The van der Waals surface area contributed by atoms with Crippen LogP contribution in [0.25, 0.3) is 6.08 Å². The van der Waals surface area contributed by atoms with E-state index in [1.165, 1.54) is 37.2 Å². The van der Waals surface area contributed by atoms with Gasteiger partial charge in [-0.1, -0.05) is 17.7 Å². The van der Waals surface area contributed by atoms with E-state index in [4.69, 9.17) is 26.4 Å². The highest BCUT2D eigenvalue weighted by Crippen LogP contribution is 2.31. The zero-order chi connectivity index (χ0) is 22.1. The highest BCUT2D eigenvalue weighted by Gasteiger charge is 2.27. The molecule has 0 radical (unpaired) electrons. The molecule has 5 rings (SSSR count). The fraction of sp³-hybridized carbons (Fsp3) is 0.542. The van der Waals surface area contributed by atoms with Crippen LogP contribution in [-0.4, -0.2) is 51.7 Å².